The highest BCUT2D eigenvalue weighted by atomic mass is 16.5. The Morgan fingerprint density at radius 2 is 1.81 bits per heavy atom. The van der Waals surface area contributed by atoms with Gasteiger partial charge in [-0.1, -0.05) is 33.8 Å². The maximum Gasteiger partial charge on any atom is 0.118 e. The van der Waals surface area contributed by atoms with Gasteiger partial charge < -0.3 is 19.8 Å². The number of methoxy groups -OCH3 is 1. The van der Waals surface area contributed by atoms with Crippen LogP contribution >= 0.6 is 0 Å². The Bertz CT molecular complexity index is 949. The van der Waals surface area contributed by atoms with Crippen LogP contribution in [0.25, 0.3) is 0 Å². The summed E-state index contributed by atoms with van der Waals surface area (Å²) in [7, 11) is 4.18. The predicted octanol–water partition coefficient (Wildman–Crippen LogP) is 4.82. The van der Waals surface area contributed by atoms with Crippen LogP contribution in [-0.4, -0.2) is 53.1 Å². The summed E-state index contributed by atoms with van der Waals surface area (Å²) in [5, 5.41) is 22.9. The molecule has 4 fully saturated rings. The fourth-order valence-electron chi connectivity index (χ4n) is 9.32. The van der Waals surface area contributed by atoms with Gasteiger partial charge in [-0.25, -0.2) is 0 Å². The lowest BCUT2D eigenvalue weighted by Crippen LogP contribution is -2.81. The molecular formula is C28H43NO3. The third-order valence-electron chi connectivity index (χ3n) is 11.5. The van der Waals surface area contributed by atoms with E-state index in [1.165, 1.54) is 11.1 Å². The molecule has 32 heavy (non-hydrogen) atoms. The van der Waals surface area contributed by atoms with Gasteiger partial charge in [0.05, 0.1) is 11.2 Å². The Morgan fingerprint density at radius 3 is 2.44 bits per heavy atom. The van der Waals surface area contributed by atoms with Crippen LogP contribution in [-0.2, 0) is 16.6 Å². The van der Waals surface area contributed by atoms with Gasteiger partial charge in [0.2, 0.25) is 0 Å². The topological polar surface area (TPSA) is 52.9 Å². The molecule has 7 atom stereocenters. The average molecular weight is 442 g/mol. The number of piperidine rings is 1. The number of hydrogen-bond donors (Lipinski definition) is 2. The minimum Gasteiger partial charge on any atom is -0.508 e. The smallest absolute Gasteiger partial charge is 0.118 e. The summed E-state index contributed by atoms with van der Waals surface area (Å²) in [4.78, 5) is 2.60. The molecule has 7 unspecified atom stereocenters. The van der Waals surface area contributed by atoms with Crippen LogP contribution in [0, 0.1) is 29.6 Å². The van der Waals surface area contributed by atoms with E-state index < -0.39 is 5.60 Å². The second kappa shape index (κ2) is 6.52. The fraction of sp³-hybridized carbons (Fsp3) is 0.786. The van der Waals surface area contributed by atoms with E-state index in [1.54, 1.807) is 0 Å². The van der Waals surface area contributed by atoms with Crippen molar-refractivity contribution in [3.8, 4) is 5.75 Å². The molecule has 4 heteroatoms. The summed E-state index contributed by atoms with van der Waals surface area (Å²) in [5.74, 6) is 0.756. The van der Waals surface area contributed by atoms with E-state index >= 15 is 0 Å². The largest absolute Gasteiger partial charge is 0.508 e. The molecule has 4 aliphatic carbocycles. The number of hydrogen-bond acceptors (Lipinski definition) is 4. The summed E-state index contributed by atoms with van der Waals surface area (Å²) in [6.45, 7) is 14.2. The van der Waals surface area contributed by atoms with E-state index in [1.807, 2.05) is 13.2 Å². The third kappa shape index (κ3) is 2.30. The summed E-state index contributed by atoms with van der Waals surface area (Å²) in [6.07, 6.45) is 5.24. The van der Waals surface area contributed by atoms with Crippen molar-refractivity contribution >= 4 is 0 Å². The molecule has 4 bridgehead atoms. The highest BCUT2D eigenvalue weighted by Gasteiger charge is 2.77. The highest BCUT2D eigenvalue weighted by molar-refractivity contribution is 5.55. The maximum atomic E-state index is 12.1. The second-order valence-corrected chi connectivity index (χ2v) is 12.9. The van der Waals surface area contributed by atoms with E-state index in [0.717, 1.165) is 44.2 Å². The number of rotatable bonds is 2. The molecule has 178 valence electrons. The Kier molecular flexibility index (Phi) is 4.62. The first-order chi connectivity index (χ1) is 14.8. The zero-order valence-corrected chi connectivity index (χ0v) is 21.4. The summed E-state index contributed by atoms with van der Waals surface area (Å²) >= 11 is 0. The Balaban J connectivity index is 1.81. The van der Waals surface area contributed by atoms with Gasteiger partial charge in [-0.05, 0) is 99.0 Å². The molecule has 1 aliphatic heterocycles. The zero-order chi connectivity index (χ0) is 23.5. The van der Waals surface area contributed by atoms with Gasteiger partial charge in [-0.3, -0.25) is 0 Å². The first kappa shape index (κ1) is 22.7. The van der Waals surface area contributed by atoms with Crippen LogP contribution < -0.4 is 0 Å². The molecule has 5 aliphatic rings. The van der Waals surface area contributed by atoms with E-state index in [9.17, 15) is 10.2 Å². The molecule has 4 nitrogen and oxygen atoms in total. The number of phenols is 1. The van der Waals surface area contributed by atoms with Crippen LogP contribution in [0.5, 0.6) is 5.75 Å². The molecule has 1 saturated heterocycles. The average Bonchev–Trinajstić information content (AvgIpc) is 2.73. The van der Waals surface area contributed by atoms with Crippen LogP contribution in [0.2, 0.25) is 0 Å². The molecule has 6 rings (SSSR count). The number of fused-ring (bicyclic) bond motifs is 3. The molecule has 2 N–H and O–H groups in total. The van der Waals surface area contributed by atoms with Gasteiger partial charge in [-0.2, -0.15) is 0 Å². The van der Waals surface area contributed by atoms with Crippen molar-refractivity contribution in [1.82, 2.24) is 4.90 Å². The van der Waals surface area contributed by atoms with Gasteiger partial charge in [0.15, 0.2) is 0 Å². The first-order valence-electron chi connectivity index (χ1n) is 12.6. The number of aromatic hydroxyl groups is 1. The standard InChI is InChI=1S/C28H43NO3/c1-17-20(30)10-9-19-15-22-26-11-12-28(32-8,21(16-26)25(6,31)24(3,4)5)18(2)27(26,23(17)19)13-14-29(22)7/h9-10,18,21-22,30-31H,11-16H2,1-8H3. The molecule has 1 spiro atoms. The Morgan fingerprint density at radius 1 is 1.12 bits per heavy atom. The van der Waals surface area contributed by atoms with Crippen molar-refractivity contribution < 1.29 is 14.9 Å². The van der Waals surface area contributed by atoms with Crippen LogP contribution in [0.4, 0.5) is 0 Å². The van der Waals surface area contributed by atoms with Crippen LogP contribution in [0.15, 0.2) is 12.1 Å². The zero-order valence-electron chi connectivity index (χ0n) is 21.4. The normalized spacial score (nSPS) is 42.8. The van der Waals surface area contributed by atoms with Crippen LogP contribution in [0.1, 0.15) is 77.0 Å². The summed E-state index contributed by atoms with van der Waals surface area (Å²) in [6, 6.07) is 4.53. The lowest BCUT2D eigenvalue weighted by atomic mass is 9.30. The lowest BCUT2D eigenvalue weighted by Gasteiger charge is -2.78. The van der Waals surface area contributed by atoms with Gasteiger partial charge >= 0.3 is 0 Å². The molecule has 0 aromatic heterocycles. The number of nitrogens with zero attached hydrogens (tertiary/aromatic N) is 1. The van der Waals surface area contributed by atoms with Crippen LogP contribution in [0.3, 0.4) is 0 Å². The van der Waals surface area contributed by atoms with Crippen molar-refractivity contribution in [3.05, 3.63) is 28.8 Å². The van der Waals surface area contributed by atoms with Gasteiger partial charge in [-0.15, -0.1) is 0 Å². The third-order valence-corrected chi connectivity index (χ3v) is 11.5. The second-order valence-electron chi connectivity index (χ2n) is 12.9. The number of likely N-dealkylation sites (tertiary alicyclic amines) is 1. The minimum atomic E-state index is -0.840. The molecule has 0 radical (unpaired) electrons. The fourth-order valence-corrected chi connectivity index (χ4v) is 9.32. The predicted molar refractivity (Wildman–Crippen MR) is 128 cm³/mol. The molecule has 1 heterocycles. The van der Waals surface area contributed by atoms with E-state index in [-0.39, 0.29) is 33.7 Å². The molecule has 1 aromatic carbocycles. The number of likely N-dealkylation sites (N-methyl/N-ethyl adjacent to an activating group) is 1. The van der Waals surface area contributed by atoms with Gasteiger partial charge in [0.1, 0.15) is 5.75 Å². The molecule has 0 amide bonds. The Labute approximate surface area is 194 Å². The monoisotopic (exact) mass is 441 g/mol. The molecular weight excluding hydrogens is 398 g/mol. The maximum absolute atomic E-state index is 12.1. The number of ether oxygens (including phenoxy) is 1. The summed E-state index contributed by atoms with van der Waals surface area (Å²) in [5.41, 5.74) is 2.49. The van der Waals surface area contributed by atoms with E-state index in [4.69, 9.17) is 4.74 Å². The van der Waals surface area contributed by atoms with Crippen molar-refractivity contribution in [2.75, 3.05) is 20.7 Å². The molecule has 1 aromatic rings. The number of phenolic OH excluding ortho intramolecular Hbond substituents is 1. The van der Waals surface area contributed by atoms with E-state index in [2.05, 4.69) is 59.6 Å². The van der Waals surface area contributed by atoms with Crippen molar-refractivity contribution in [1.29, 1.82) is 0 Å². The van der Waals surface area contributed by atoms with E-state index in [0.29, 0.717) is 11.8 Å². The quantitative estimate of drug-likeness (QED) is 0.691. The minimum absolute atomic E-state index is 0.0285. The van der Waals surface area contributed by atoms with Crippen molar-refractivity contribution in [2.45, 2.75) is 96.3 Å². The Hall–Kier alpha value is -1.10. The first-order valence-corrected chi connectivity index (χ1v) is 12.6. The SMILES string of the molecule is COC12CCC3(CC1C(C)(O)C(C)(C)C)C1Cc4ccc(O)c(C)c4C3(CCN1C)C2C. The number of benzene rings is 1. The van der Waals surface area contributed by atoms with Gasteiger partial charge in [0.25, 0.3) is 0 Å². The number of aliphatic hydroxyl groups is 1. The highest BCUT2D eigenvalue weighted by Crippen LogP contribution is 2.76. The molecule has 3 saturated carbocycles. The van der Waals surface area contributed by atoms with Gasteiger partial charge in [0, 0.05) is 24.5 Å². The van der Waals surface area contributed by atoms with Crippen molar-refractivity contribution in [2.24, 2.45) is 22.7 Å². The van der Waals surface area contributed by atoms with Crippen molar-refractivity contribution in [3.63, 3.8) is 0 Å². The summed E-state index contributed by atoms with van der Waals surface area (Å²) < 4.78 is 6.58. The lowest BCUT2D eigenvalue weighted by molar-refractivity contribution is -0.306.